The Bertz CT molecular complexity index is 646. The number of hydrogen-bond donors (Lipinski definition) is 2. The van der Waals surface area contributed by atoms with Gasteiger partial charge in [-0.15, -0.1) is 0 Å². The normalized spacial score (nSPS) is 17.3. The summed E-state index contributed by atoms with van der Waals surface area (Å²) in [6.45, 7) is 12.8. The summed E-state index contributed by atoms with van der Waals surface area (Å²) in [5.74, 6) is 5.33. The van der Waals surface area contributed by atoms with Crippen molar-refractivity contribution in [2.45, 2.75) is 66.0 Å². The van der Waals surface area contributed by atoms with E-state index in [1.165, 1.54) is 22.3 Å². The summed E-state index contributed by atoms with van der Waals surface area (Å²) in [7, 11) is 0. The summed E-state index contributed by atoms with van der Waals surface area (Å²) in [5.41, 5.74) is 8.20. The van der Waals surface area contributed by atoms with E-state index in [2.05, 4.69) is 70.1 Å². The topological polar surface area (TPSA) is 58.4 Å². The number of aryl methyl sites for hydroxylation is 2. The van der Waals surface area contributed by atoms with Crippen LogP contribution in [0, 0.1) is 13.8 Å². The first-order chi connectivity index (χ1) is 10.7. The average molecular weight is 315 g/mol. The van der Waals surface area contributed by atoms with Crippen LogP contribution < -0.4 is 16.2 Å². The molecule has 2 rings (SSSR count). The fraction of sp³-hybridized carbons (Fsp3) is 0.526. The van der Waals surface area contributed by atoms with Gasteiger partial charge >= 0.3 is 0 Å². The Morgan fingerprint density at radius 2 is 1.87 bits per heavy atom. The van der Waals surface area contributed by atoms with E-state index in [-0.39, 0.29) is 17.5 Å². The van der Waals surface area contributed by atoms with Crippen LogP contribution in [0.15, 0.2) is 18.2 Å². The number of nitrogens with one attached hydrogen (secondary N) is 1. The highest BCUT2D eigenvalue weighted by molar-refractivity contribution is 5.90. The van der Waals surface area contributed by atoms with E-state index in [1.54, 1.807) is 0 Å². The number of nitrogens with zero attached hydrogens (tertiary/aromatic N) is 1. The molecule has 0 spiro atoms. The molecular weight excluding hydrogens is 286 g/mol. The Morgan fingerprint density at radius 3 is 2.43 bits per heavy atom. The minimum Gasteiger partial charge on any atom is -0.350 e. The molecule has 1 aliphatic rings. The van der Waals surface area contributed by atoms with Gasteiger partial charge < -0.3 is 4.90 Å². The smallest absolute Gasteiger partial charge is 0.256 e. The van der Waals surface area contributed by atoms with Gasteiger partial charge in [-0.1, -0.05) is 19.4 Å². The minimum absolute atomic E-state index is 0.128. The van der Waals surface area contributed by atoms with Gasteiger partial charge in [-0.2, -0.15) is 0 Å². The quantitative estimate of drug-likeness (QED) is 0.508. The van der Waals surface area contributed by atoms with Gasteiger partial charge in [-0.3, -0.25) is 10.2 Å². The van der Waals surface area contributed by atoms with Crippen molar-refractivity contribution in [2.75, 3.05) is 4.90 Å². The van der Waals surface area contributed by atoms with E-state index < -0.39 is 0 Å². The third-order valence-corrected chi connectivity index (χ3v) is 4.81. The number of hydrazine groups is 1. The third kappa shape index (κ3) is 3.13. The van der Waals surface area contributed by atoms with Crippen LogP contribution in [-0.4, -0.2) is 17.5 Å². The van der Waals surface area contributed by atoms with E-state index in [1.807, 2.05) is 0 Å². The van der Waals surface area contributed by atoms with E-state index >= 15 is 0 Å². The van der Waals surface area contributed by atoms with Crippen molar-refractivity contribution >= 4 is 17.2 Å². The first-order valence-electron chi connectivity index (χ1n) is 8.33. The molecule has 0 aromatic heterocycles. The largest absolute Gasteiger partial charge is 0.350 e. The highest BCUT2D eigenvalue weighted by Crippen LogP contribution is 2.42. The lowest BCUT2D eigenvalue weighted by Gasteiger charge is -2.47. The Balaban J connectivity index is 2.66. The summed E-state index contributed by atoms with van der Waals surface area (Å²) < 4.78 is 0. The van der Waals surface area contributed by atoms with Gasteiger partial charge in [-0.25, -0.2) is 5.84 Å². The highest BCUT2D eigenvalue weighted by Gasteiger charge is 2.38. The van der Waals surface area contributed by atoms with Crippen LogP contribution in [0.1, 0.15) is 57.2 Å². The third-order valence-electron chi connectivity index (χ3n) is 4.81. The van der Waals surface area contributed by atoms with Crippen molar-refractivity contribution in [1.82, 2.24) is 5.43 Å². The number of fused-ring (bicyclic) bond motifs is 1. The van der Waals surface area contributed by atoms with Crippen LogP contribution in [0.4, 0.5) is 5.69 Å². The second-order valence-electron chi connectivity index (χ2n) is 7.12. The molecule has 0 bridgehead atoms. The Hall–Kier alpha value is -1.81. The molecule has 0 radical (unpaired) electrons. The number of hydrogen-bond acceptors (Lipinski definition) is 3. The SMILES string of the molecule is CCC[C@H](C(=O)NN)N1c2cc(C)c(C)cc2C(C)=CC1(C)C. The van der Waals surface area contributed by atoms with Crippen LogP contribution in [-0.2, 0) is 4.79 Å². The first-order valence-corrected chi connectivity index (χ1v) is 8.33. The Kier molecular flexibility index (Phi) is 4.85. The Labute approximate surface area is 139 Å². The maximum atomic E-state index is 12.4. The summed E-state index contributed by atoms with van der Waals surface area (Å²) in [6.07, 6.45) is 3.94. The zero-order valence-corrected chi connectivity index (χ0v) is 15.2. The monoisotopic (exact) mass is 315 g/mol. The van der Waals surface area contributed by atoms with Crippen molar-refractivity contribution in [2.24, 2.45) is 5.84 Å². The average Bonchev–Trinajstić information content (AvgIpc) is 2.47. The zero-order chi connectivity index (χ0) is 17.4. The van der Waals surface area contributed by atoms with Gasteiger partial charge in [0.05, 0.1) is 5.54 Å². The van der Waals surface area contributed by atoms with Crippen molar-refractivity contribution in [3.05, 3.63) is 34.9 Å². The van der Waals surface area contributed by atoms with Crippen LogP contribution in [0.3, 0.4) is 0 Å². The zero-order valence-electron chi connectivity index (χ0n) is 15.2. The molecule has 23 heavy (non-hydrogen) atoms. The molecule has 0 saturated carbocycles. The Morgan fingerprint density at radius 1 is 1.26 bits per heavy atom. The second-order valence-corrected chi connectivity index (χ2v) is 7.12. The van der Waals surface area contributed by atoms with Crippen LogP contribution in [0.5, 0.6) is 0 Å². The molecule has 1 aromatic carbocycles. The molecule has 1 aromatic rings. The molecule has 4 nitrogen and oxygen atoms in total. The molecule has 3 N–H and O–H groups in total. The molecule has 4 heteroatoms. The van der Waals surface area contributed by atoms with Crippen molar-refractivity contribution in [1.29, 1.82) is 0 Å². The molecule has 0 fully saturated rings. The van der Waals surface area contributed by atoms with Gasteiger partial charge in [0.25, 0.3) is 5.91 Å². The van der Waals surface area contributed by atoms with Gasteiger partial charge in [0.15, 0.2) is 0 Å². The van der Waals surface area contributed by atoms with E-state index in [4.69, 9.17) is 5.84 Å². The predicted octanol–water partition coefficient (Wildman–Crippen LogP) is 3.46. The number of carbonyl (C=O) groups excluding carboxylic acids is 1. The molecule has 1 amide bonds. The van der Waals surface area contributed by atoms with Crippen molar-refractivity contribution < 1.29 is 4.79 Å². The molecule has 0 aliphatic carbocycles. The lowest BCUT2D eigenvalue weighted by atomic mass is 9.85. The number of anilines is 1. The predicted molar refractivity (Wildman–Crippen MR) is 97.2 cm³/mol. The maximum absolute atomic E-state index is 12.4. The number of carbonyl (C=O) groups is 1. The van der Waals surface area contributed by atoms with Crippen LogP contribution in [0.25, 0.3) is 5.57 Å². The molecular formula is C19H29N3O. The number of amides is 1. The number of nitrogens with two attached hydrogens (primary N) is 1. The number of benzene rings is 1. The van der Waals surface area contributed by atoms with Crippen LogP contribution >= 0.6 is 0 Å². The summed E-state index contributed by atoms with van der Waals surface area (Å²) in [6, 6.07) is 4.16. The standard InChI is InChI=1S/C19H29N3O/c1-7-8-16(18(23)21-20)22-17-10-13(3)12(2)9-15(17)14(4)11-19(22,5)6/h9-11,16H,7-8,20H2,1-6H3,(H,21,23)/t16-/m1/s1. The van der Waals surface area contributed by atoms with Gasteiger partial charge in [0.2, 0.25) is 0 Å². The van der Waals surface area contributed by atoms with Gasteiger partial charge in [-0.05, 0) is 69.9 Å². The number of allylic oxidation sites excluding steroid dienone is 1. The van der Waals surface area contributed by atoms with E-state index in [0.717, 1.165) is 18.5 Å². The molecule has 1 atom stereocenters. The van der Waals surface area contributed by atoms with Gasteiger partial charge in [0.1, 0.15) is 6.04 Å². The summed E-state index contributed by atoms with van der Waals surface area (Å²) in [4.78, 5) is 14.7. The van der Waals surface area contributed by atoms with E-state index in [0.29, 0.717) is 0 Å². The van der Waals surface area contributed by atoms with E-state index in [9.17, 15) is 4.79 Å². The number of rotatable bonds is 4. The molecule has 1 aliphatic heterocycles. The lowest BCUT2D eigenvalue weighted by molar-refractivity contribution is -0.122. The highest BCUT2D eigenvalue weighted by atomic mass is 16.2. The summed E-state index contributed by atoms with van der Waals surface area (Å²) >= 11 is 0. The maximum Gasteiger partial charge on any atom is 0.256 e. The molecule has 1 heterocycles. The first kappa shape index (κ1) is 17.5. The lowest BCUT2D eigenvalue weighted by Crippen LogP contribution is -2.57. The fourth-order valence-electron chi connectivity index (χ4n) is 3.62. The van der Waals surface area contributed by atoms with Crippen LogP contribution in [0.2, 0.25) is 0 Å². The van der Waals surface area contributed by atoms with Crippen molar-refractivity contribution in [3.8, 4) is 0 Å². The molecule has 0 saturated heterocycles. The molecule has 0 unspecified atom stereocenters. The second kappa shape index (κ2) is 6.36. The minimum atomic E-state index is -0.273. The molecule has 126 valence electrons. The van der Waals surface area contributed by atoms with Gasteiger partial charge in [0, 0.05) is 11.3 Å². The van der Waals surface area contributed by atoms with Crippen molar-refractivity contribution in [3.63, 3.8) is 0 Å². The summed E-state index contributed by atoms with van der Waals surface area (Å²) in [5, 5.41) is 0. The fourth-order valence-corrected chi connectivity index (χ4v) is 3.62.